The lowest BCUT2D eigenvalue weighted by atomic mass is 10.1. The highest BCUT2D eigenvalue weighted by Crippen LogP contribution is 2.23. The second kappa shape index (κ2) is 8.21. The van der Waals surface area contributed by atoms with Crippen LogP contribution in [0.3, 0.4) is 0 Å². The summed E-state index contributed by atoms with van der Waals surface area (Å²) in [7, 11) is 0. The molecule has 0 aliphatic carbocycles. The molecule has 0 aliphatic rings. The van der Waals surface area contributed by atoms with Crippen molar-refractivity contribution in [2.45, 2.75) is 20.3 Å². The van der Waals surface area contributed by atoms with E-state index in [-0.39, 0.29) is 36.8 Å². The van der Waals surface area contributed by atoms with E-state index in [9.17, 15) is 18.4 Å². The first-order valence-electron chi connectivity index (χ1n) is 8.93. The van der Waals surface area contributed by atoms with E-state index in [0.717, 1.165) is 16.8 Å². The fraction of sp³-hybridized carbons (Fsp3) is 0.238. The Morgan fingerprint density at radius 1 is 1.00 bits per heavy atom. The number of hydrogen-bond acceptors (Lipinski definition) is 2. The maximum absolute atomic E-state index is 13.5. The zero-order valence-corrected chi connectivity index (χ0v) is 15.7. The van der Waals surface area contributed by atoms with Crippen molar-refractivity contribution >= 4 is 22.7 Å². The number of benzene rings is 2. The van der Waals surface area contributed by atoms with E-state index >= 15 is 0 Å². The van der Waals surface area contributed by atoms with Gasteiger partial charge >= 0.3 is 0 Å². The summed E-state index contributed by atoms with van der Waals surface area (Å²) in [6.07, 6.45) is 0.104. The van der Waals surface area contributed by atoms with E-state index in [1.807, 2.05) is 6.92 Å². The summed E-state index contributed by atoms with van der Waals surface area (Å²) in [6.45, 7) is 3.90. The van der Waals surface area contributed by atoms with Crippen molar-refractivity contribution in [3.05, 3.63) is 70.4 Å². The number of H-pyrrole nitrogens is 1. The summed E-state index contributed by atoms with van der Waals surface area (Å²) in [5.74, 6) is -1.44. The molecule has 1 aromatic heterocycles. The Kier molecular flexibility index (Phi) is 5.73. The lowest BCUT2D eigenvalue weighted by Crippen LogP contribution is -2.35. The van der Waals surface area contributed by atoms with Gasteiger partial charge in [-0.05, 0) is 55.3 Å². The van der Waals surface area contributed by atoms with E-state index in [1.165, 1.54) is 18.2 Å². The standard InChI is InChI=1S/C21H21F2N3O2/c1-12-3-4-14(9-18(12)23)21(28)25-8-7-24-20(27)11-16-13(2)26-19-6-5-15(22)10-17(16)19/h3-6,9-10,26H,7-8,11H2,1-2H3,(H,24,27)(H,25,28). The Morgan fingerprint density at radius 3 is 2.50 bits per heavy atom. The van der Waals surface area contributed by atoms with Crippen LogP contribution < -0.4 is 10.6 Å². The highest BCUT2D eigenvalue weighted by molar-refractivity contribution is 5.94. The molecule has 0 aliphatic heterocycles. The third kappa shape index (κ3) is 4.36. The molecule has 1 heterocycles. The third-order valence-corrected chi connectivity index (χ3v) is 4.59. The van der Waals surface area contributed by atoms with Crippen molar-refractivity contribution < 1.29 is 18.4 Å². The molecule has 28 heavy (non-hydrogen) atoms. The van der Waals surface area contributed by atoms with Gasteiger partial charge in [-0.25, -0.2) is 8.78 Å². The summed E-state index contributed by atoms with van der Waals surface area (Å²) < 4.78 is 27.0. The highest BCUT2D eigenvalue weighted by atomic mass is 19.1. The number of aryl methyl sites for hydroxylation is 2. The number of rotatable bonds is 6. The van der Waals surface area contributed by atoms with E-state index in [1.54, 1.807) is 25.1 Å². The van der Waals surface area contributed by atoms with Crippen molar-refractivity contribution in [2.24, 2.45) is 0 Å². The minimum absolute atomic E-state index is 0.104. The number of carbonyl (C=O) groups excluding carboxylic acids is 2. The molecular weight excluding hydrogens is 364 g/mol. The quantitative estimate of drug-likeness (QED) is 0.571. The first kappa shape index (κ1) is 19.5. The molecule has 3 N–H and O–H groups in total. The fourth-order valence-corrected chi connectivity index (χ4v) is 3.02. The van der Waals surface area contributed by atoms with E-state index in [4.69, 9.17) is 0 Å². The Bertz CT molecular complexity index is 1040. The van der Waals surface area contributed by atoms with Gasteiger partial charge < -0.3 is 15.6 Å². The van der Waals surface area contributed by atoms with Crippen molar-refractivity contribution in [2.75, 3.05) is 13.1 Å². The molecule has 0 unspecified atom stereocenters. The van der Waals surface area contributed by atoms with Crippen LogP contribution in [0.4, 0.5) is 8.78 Å². The van der Waals surface area contributed by atoms with Gasteiger partial charge in [0.2, 0.25) is 5.91 Å². The molecule has 146 valence electrons. The molecule has 2 amide bonds. The van der Waals surface area contributed by atoms with Gasteiger partial charge in [-0.1, -0.05) is 6.07 Å². The zero-order valence-electron chi connectivity index (χ0n) is 15.7. The van der Waals surface area contributed by atoms with Gasteiger partial charge in [-0.15, -0.1) is 0 Å². The molecule has 3 rings (SSSR count). The van der Waals surface area contributed by atoms with Gasteiger partial charge in [0, 0.05) is 35.2 Å². The topological polar surface area (TPSA) is 74.0 Å². The molecule has 0 saturated carbocycles. The molecule has 3 aromatic rings. The van der Waals surface area contributed by atoms with Gasteiger partial charge in [0.05, 0.1) is 6.42 Å². The molecule has 0 bridgehead atoms. The summed E-state index contributed by atoms with van der Waals surface area (Å²) >= 11 is 0. The second-order valence-corrected chi connectivity index (χ2v) is 6.67. The fourth-order valence-electron chi connectivity index (χ4n) is 3.02. The van der Waals surface area contributed by atoms with Crippen molar-refractivity contribution in [3.8, 4) is 0 Å². The molecule has 0 radical (unpaired) electrons. The van der Waals surface area contributed by atoms with Gasteiger partial charge in [0.15, 0.2) is 0 Å². The summed E-state index contributed by atoms with van der Waals surface area (Å²) in [5.41, 5.74) is 3.03. The second-order valence-electron chi connectivity index (χ2n) is 6.67. The Labute approximate surface area is 161 Å². The van der Waals surface area contributed by atoms with Crippen LogP contribution in [0.5, 0.6) is 0 Å². The number of aromatic amines is 1. The average molecular weight is 385 g/mol. The maximum atomic E-state index is 13.5. The van der Waals surface area contributed by atoms with Crippen molar-refractivity contribution in [1.82, 2.24) is 15.6 Å². The van der Waals surface area contributed by atoms with Crippen LogP contribution >= 0.6 is 0 Å². The Morgan fingerprint density at radius 2 is 1.75 bits per heavy atom. The molecule has 0 saturated heterocycles. The minimum atomic E-state index is -0.438. The summed E-state index contributed by atoms with van der Waals surface area (Å²) in [5, 5.41) is 6.03. The molecule has 7 heteroatoms. The molecule has 5 nitrogen and oxygen atoms in total. The number of halogens is 2. The lowest BCUT2D eigenvalue weighted by Gasteiger charge is -2.08. The van der Waals surface area contributed by atoms with Crippen LogP contribution in [-0.4, -0.2) is 29.9 Å². The van der Waals surface area contributed by atoms with Crippen LogP contribution in [0.1, 0.15) is 27.2 Å². The smallest absolute Gasteiger partial charge is 0.251 e. The predicted molar refractivity (Wildman–Crippen MR) is 103 cm³/mol. The largest absolute Gasteiger partial charge is 0.358 e. The van der Waals surface area contributed by atoms with Gasteiger partial charge in [-0.2, -0.15) is 0 Å². The van der Waals surface area contributed by atoms with E-state index < -0.39 is 11.7 Å². The SMILES string of the molecule is Cc1ccc(C(=O)NCCNC(=O)Cc2c(C)[nH]c3ccc(F)cc23)cc1F. The highest BCUT2D eigenvalue weighted by Gasteiger charge is 2.13. The van der Waals surface area contributed by atoms with Gasteiger partial charge in [0.25, 0.3) is 5.91 Å². The van der Waals surface area contributed by atoms with Gasteiger partial charge in [-0.3, -0.25) is 9.59 Å². The monoisotopic (exact) mass is 385 g/mol. The molecule has 0 atom stereocenters. The minimum Gasteiger partial charge on any atom is -0.358 e. The maximum Gasteiger partial charge on any atom is 0.251 e. The van der Waals surface area contributed by atoms with Crippen LogP contribution in [0.2, 0.25) is 0 Å². The third-order valence-electron chi connectivity index (χ3n) is 4.59. The lowest BCUT2D eigenvalue weighted by molar-refractivity contribution is -0.120. The number of aromatic nitrogens is 1. The van der Waals surface area contributed by atoms with Crippen LogP contribution in [-0.2, 0) is 11.2 Å². The first-order chi connectivity index (χ1) is 13.3. The normalized spacial score (nSPS) is 10.9. The van der Waals surface area contributed by atoms with Crippen molar-refractivity contribution in [3.63, 3.8) is 0 Å². The molecule has 0 fully saturated rings. The molecule has 0 spiro atoms. The van der Waals surface area contributed by atoms with E-state index in [2.05, 4.69) is 15.6 Å². The van der Waals surface area contributed by atoms with Gasteiger partial charge in [0.1, 0.15) is 11.6 Å². The van der Waals surface area contributed by atoms with Crippen LogP contribution in [0, 0.1) is 25.5 Å². The number of hydrogen-bond donors (Lipinski definition) is 3. The van der Waals surface area contributed by atoms with Crippen molar-refractivity contribution in [1.29, 1.82) is 0 Å². The van der Waals surface area contributed by atoms with Crippen LogP contribution in [0.25, 0.3) is 10.9 Å². The number of fused-ring (bicyclic) bond motifs is 1. The van der Waals surface area contributed by atoms with Crippen LogP contribution in [0.15, 0.2) is 36.4 Å². The number of nitrogens with one attached hydrogen (secondary N) is 3. The summed E-state index contributed by atoms with van der Waals surface area (Å²) in [4.78, 5) is 27.3. The predicted octanol–water partition coefficient (Wildman–Crippen LogP) is 3.15. The Balaban J connectivity index is 1.51. The summed E-state index contributed by atoms with van der Waals surface area (Å²) in [6, 6.07) is 8.68. The Hall–Kier alpha value is -3.22. The first-order valence-corrected chi connectivity index (χ1v) is 8.93. The van der Waals surface area contributed by atoms with E-state index in [0.29, 0.717) is 10.9 Å². The molecule has 2 aromatic carbocycles. The molecular formula is C21H21F2N3O2. The average Bonchev–Trinajstić information content (AvgIpc) is 2.96. The number of carbonyl (C=O) groups is 2. The zero-order chi connectivity index (χ0) is 20.3. The number of amides is 2.